The molecule has 0 spiro atoms. The zero-order valence-corrected chi connectivity index (χ0v) is 10.6. The van der Waals surface area contributed by atoms with Crippen LogP contribution in [-0.2, 0) is 0 Å². The number of benzene rings is 1. The molecule has 2 rings (SSSR count). The molecule has 18 heavy (non-hydrogen) atoms. The first-order chi connectivity index (χ1) is 8.50. The third-order valence-electron chi connectivity index (χ3n) is 2.77. The molecule has 0 unspecified atom stereocenters. The molecule has 1 N–H and O–H groups in total. The predicted molar refractivity (Wildman–Crippen MR) is 67.5 cm³/mol. The topological polar surface area (TPSA) is 68.0 Å². The lowest BCUT2D eigenvalue weighted by Gasteiger charge is -2.12. The highest BCUT2D eigenvalue weighted by Crippen LogP contribution is 2.22. The van der Waals surface area contributed by atoms with Crippen LogP contribution in [-0.4, -0.2) is 25.8 Å². The second kappa shape index (κ2) is 4.60. The number of carboxylic acids is 1. The number of nitrogens with zero attached hydrogens (tertiary/aromatic N) is 3. The lowest BCUT2D eigenvalue weighted by Crippen LogP contribution is -2.05. The molecule has 0 radical (unpaired) electrons. The van der Waals surface area contributed by atoms with E-state index in [9.17, 15) is 4.79 Å². The van der Waals surface area contributed by atoms with Crippen molar-refractivity contribution in [2.24, 2.45) is 0 Å². The number of carboxylic acid groups (broad SMARTS) is 1. The Labute approximate surface area is 105 Å². The van der Waals surface area contributed by atoms with E-state index >= 15 is 0 Å². The molecule has 0 amide bonds. The van der Waals surface area contributed by atoms with Crippen LogP contribution < -0.4 is 0 Å². The van der Waals surface area contributed by atoms with E-state index in [4.69, 9.17) is 5.11 Å². The largest absolute Gasteiger partial charge is 0.478 e. The van der Waals surface area contributed by atoms with Gasteiger partial charge in [0.1, 0.15) is 5.82 Å². The van der Waals surface area contributed by atoms with E-state index in [2.05, 4.69) is 24.0 Å². The van der Waals surface area contributed by atoms with E-state index in [0.29, 0.717) is 0 Å². The summed E-state index contributed by atoms with van der Waals surface area (Å²) in [6.45, 7) is 6.03. The summed E-state index contributed by atoms with van der Waals surface area (Å²) in [5, 5.41) is 17.1. The van der Waals surface area contributed by atoms with Crippen molar-refractivity contribution in [3.05, 3.63) is 35.7 Å². The Kier molecular flexibility index (Phi) is 3.14. The SMILES string of the molecule is Cc1nnc(-c2ccc(C(=O)O)cc2)n1C(C)C. The average molecular weight is 245 g/mol. The lowest BCUT2D eigenvalue weighted by molar-refractivity contribution is 0.0697. The maximum Gasteiger partial charge on any atom is 0.335 e. The van der Waals surface area contributed by atoms with Crippen LogP contribution in [0.5, 0.6) is 0 Å². The number of aromatic nitrogens is 3. The van der Waals surface area contributed by atoms with Gasteiger partial charge in [-0.1, -0.05) is 12.1 Å². The highest BCUT2D eigenvalue weighted by Gasteiger charge is 2.13. The normalized spacial score (nSPS) is 10.9. The first-order valence-electron chi connectivity index (χ1n) is 5.76. The molecule has 0 aliphatic rings. The summed E-state index contributed by atoms with van der Waals surface area (Å²) in [5.74, 6) is 0.685. The van der Waals surface area contributed by atoms with E-state index in [0.717, 1.165) is 17.2 Å². The Balaban J connectivity index is 2.46. The summed E-state index contributed by atoms with van der Waals surface area (Å²) in [4.78, 5) is 10.8. The van der Waals surface area contributed by atoms with Gasteiger partial charge < -0.3 is 9.67 Å². The number of hydrogen-bond donors (Lipinski definition) is 1. The Bertz CT molecular complexity index is 570. The molecule has 0 aliphatic heterocycles. The first-order valence-corrected chi connectivity index (χ1v) is 5.76. The molecular weight excluding hydrogens is 230 g/mol. The molecule has 1 aromatic heterocycles. The maximum atomic E-state index is 10.8. The Morgan fingerprint density at radius 1 is 1.22 bits per heavy atom. The van der Waals surface area contributed by atoms with Crippen molar-refractivity contribution in [2.45, 2.75) is 26.8 Å². The fourth-order valence-corrected chi connectivity index (χ4v) is 1.95. The monoisotopic (exact) mass is 245 g/mol. The minimum atomic E-state index is -0.928. The van der Waals surface area contributed by atoms with Gasteiger partial charge in [0.05, 0.1) is 5.56 Å². The van der Waals surface area contributed by atoms with Gasteiger partial charge in [-0.15, -0.1) is 10.2 Å². The summed E-state index contributed by atoms with van der Waals surface area (Å²) >= 11 is 0. The van der Waals surface area contributed by atoms with Crippen molar-refractivity contribution >= 4 is 5.97 Å². The van der Waals surface area contributed by atoms with Crippen molar-refractivity contribution in [3.63, 3.8) is 0 Å². The summed E-state index contributed by atoms with van der Waals surface area (Å²) in [5.41, 5.74) is 1.14. The van der Waals surface area contributed by atoms with Gasteiger partial charge in [0.25, 0.3) is 0 Å². The van der Waals surface area contributed by atoms with Crippen LogP contribution in [0.25, 0.3) is 11.4 Å². The zero-order chi connectivity index (χ0) is 13.3. The molecule has 2 aromatic rings. The molecular formula is C13H15N3O2. The lowest BCUT2D eigenvalue weighted by atomic mass is 10.1. The highest BCUT2D eigenvalue weighted by molar-refractivity contribution is 5.88. The van der Waals surface area contributed by atoms with E-state index in [1.807, 2.05) is 11.5 Å². The number of carbonyl (C=O) groups is 1. The molecule has 0 fully saturated rings. The predicted octanol–water partition coefficient (Wildman–Crippen LogP) is 2.53. The van der Waals surface area contributed by atoms with Crippen molar-refractivity contribution in [1.82, 2.24) is 14.8 Å². The zero-order valence-electron chi connectivity index (χ0n) is 10.6. The van der Waals surface area contributed by atoms with Gasteiger partial charge >= 0.3 is 5.97 Å². The van der Waals surface area contributed by atoms with Crippen molar-refractivity contribution in [3.8, 4) is 11.4 Å². The second-order valence-electron chi connectivity index (χ2n) is 4.42. The number of aryl methyl sites for hydroxylation is 1. The number of aromatic carboxylic acids is 1. The van der Waals surface area contributed by atoms with Crippen LogP contribution in [0.15, 0.2) is 24.3 Å². The van der Waals surface area contributed by atoms with Crippen LogP contribution in [0.1, 0.15) is 36.1 Å². The molecule has 0 saturated carbocycles. The fourth-order valence-electron chi connectivity index (χ4n) is 1.95. The van der Waals surface area contributed by atoms with Crippen molar-refractivity contribution in [1.29, 1.82) is 0 Å². The molecule has 0 bridgehead atoms. The van der Waals surface area contributed by atoms with Gasteiger partial charge in [0.15, 0.2) is 5.82 Å². The van der Waals surface area contributed by atoms with Gasteiger partial charge in [-0.3, -0.25) is 0 Å². The Hall–Kier alpha value is -2.17. The molecule has 5 nitrogen and oxygen atoms in total. The summed E-state index contributed by atoms with van der Waals surface area (Å²) < 4.78 is 2.02. The Morgan fingerprint density at radius 2 is 1.83 bits per heavy atom. The molecule has 5 heteroatoms. The van der Waals surface area contributed by atoms with Gasteiger partial charge in [-0.25, -0.2) is 4.79 Å². The highest BCUT2D eigenvalue weighted by atomic mass is 16.4. The average Bonchev–Trinajstić information content (AvgIpc) is 2.71. The smallest absolute Gasteiger partial charge is 0.335 e. The summed E-state index contributed by atoms with van der Waals surface area (Å²) in [6, 6.07) is 6.92. The maximum absolute atomic E-state index is 10.8. The van der Waals surface area contributed by atoms with E-state index in [1.54, 1.807) is 24.3 Å². The van der Waals surface area contributed by atoms with Crippen LogP contribution in [0, 0.1) is 6.92 Å². The summed E-state index contributed by atoms with van der Waals surface area (Å²) in [7, 11) is 0. The molecule has 0 saturated heterocycles. The first kappa shape index (κ1) is 12.3. The molecule has 1 heterocycles. The minimum Gasteiger partial charge on any atom is -0.478 e. The molecule has 0 aliphatic carbocycles. The van der Waals surface area contributed by atoms with Crippen LogP contribution in [0.2, 0.25) is 0 Å². The molecule has 94 valence electrons. The van der Waals surface area contributed by atoms with Gasteiger partial charge in [0, 0.05) is 11.6 Å². The minimum absolute atomic E-state index is 0.258. The molecule has 0 atom stereocenters. The van der Waals surface area contributed by atoms with Crippen LogP contribution in [0.4, 0.5) is 0 Å². The fraction of sp³-hybridized carbons (Fsp3) is 0.308. The van der Waals surface area contributed by atoms with Gasteiger partial charge in [-0.2, -0.15) is 0 Å². The van der Waals surface area contributed by atoms with Crippen molar-refractivity contribution in [2.75, 3.05) is 0 Å². The van der Waals surface area contributed by atoms with E-state index in [-0.39, 0.29) is 11.6 Å². The number of rotatable bonds is 3. The molecule has 1 aromatic carbocycles. The number of hydrogen-bond acceptors (Lipinski definition) is 3. The van der Waals surface area contributed by atoms with Crippen LogP contribution in [0.3, 0.4) is 0 Å². The quantitative estimate of drug-likeness (QED) is 0.902. The van der Waals surface area contributed by atoms with Crippen molar-refractivity contribution < 1.29 is 9.90 Å². The standard InChI is InChI=1S/C13H15N3O2/c1-8(2)16-9(3)14-15-12(16)10-4-6-11(7-5-10)13(17)18/h4-8H,1-3H3,(H,17,18). The van der Waals surface area contributed by atoms with Gasteiger partial charge in [0.2, 0.25) is 0 Å². The summed E-state index contributed by atoms with van der Waals surface area (Å²) in [6.07, 6.45) is 0. The third-order valence-corrected chi connectivity index (χ3v) is 2.77. The third kappa shape index (κ3) is 2.11. The van der Waals surface area contributed by atoms with Crippen LogP contribution >= 0.6 is 0 Å². The van der Waals surface area contributed by atoms with Gasteiger partial charge in [-0.05, 0) is 32.9 Å². The van der Waals surface area contributed by atoms with E-state index in [1.165, 1.54) is 0 Å². The Morgan fingerprint density at radius 3 is 2.33 bits per heavy atom. The van der Waals surface area contributed by atoms with E-state index < -0.39 is 5.97 Å². The second-order valence-corrected chi connectivity index (χ2v) is 4.42.